The van der Waals surface area contributed by atoms with Gasteiger partial charge in [-0.25, -0.2) is 0 Å². The van der Waals surface area contributed by atoms with Gasteiger partial charge in [0.25, 0.3) is 0 Å². The van der Waals surface area contributed by atoms with E-state index >= 15 is 0 Å². The van der Waals surface area contributed by atoms with Gasteiger partial charge in [0.2, 0.25) is 0 Å². The van der Waals surface area contributed by atoms with Crippen LogP contribution in [0.4, 0.5) is 0 Å². The van der Waals surface area contributed by atoms with E-state index in [1.54, 1.807) is 6.92 Å². The second kappa shape index (κ2) is 86.5. The molecule has 0 radical (unpaired) electrons. The lowest BCUT2D eigenvalue weighted by atomic mass is 10.3. The van der Waals surface area contributed by atoms with Gasteiger partial charge in [-0.05, 0) is 14.0 Å². The number of carbonyl (C=O) groups is 1. The predicted octanol–water partition coefficient (Wildman–Crippen LogP) is 0.650. The number of nitrogens with one attached hydrogen (secondary N) is 1. The molecule has 0 amide bonds. The number of Topliss-reactive ketones (excluding diaryl/α,β-unsaturated/α-hetero) is 1. The van der Waals surface area contributed by atoms with Crippen molar-refractivity contribution in [3.8, 4) is 0 Å². The maximum absolute atomic E-state index is 10.8. The first-order valence-corrected chi connectivity index (χ1v) is 32.6. The molecule has 546 valence electrons. The van der Waals surface area contributed by atoms with Gasteiger partial charge < -0.3 is 138 Å². The molecule has 0 saturated heterocycles. The topological polar surface area (TPSA) is 288 Å². The SMILES string of the molecule is CNCCOCCOCCOCCOCCOCCOCCOCCOCCOCCOCCOCCOCCOCCOCCOCCOCCOCCOCCOCCOCCOCCOCCOCCOCCOCCOCCOCCOCCC(C)=O. The molecular weight excluding hydrogens is 1210 g/mol. The van der Waals surface area contributed by atoms with E-state index in [0.29, 0.717) is 376 Å². The molecule has 30 nitrogen and oxygen atoms in total. The average molecular weight is 1330 g/mol. The van der Waals surface area contributed by atoms with E-state index in [9.17, 15) is 4.79 Å². The van der Waals surface area contributed by atoms with E-state index in [4.69, 9.17) is 133 Å². The fourth-order valence-corrected chi connectivity index (χ4v) is 6.43. The van der Waals surface area contributed by atoms with Gasteiger partial charge in [-0.3, -0.25) is 4.79 Å². The number of rotatable bonds is 87. The van der Waals surface area contributed by atoms with Crippen LogP contribution in [0.3, 0.4) is 0 Å². The first-order chi connectivity index (χ1) is 45.3. The summed E-state index contributed by atoms with van der Waals surface area (Å²) in [5.41, 5.74) is 0. The summed E-state index contributed by atoms with van der Waals surface area (Å²) in [5, 5.41) is 3.02. The highest BCUT2D eigenvalue weighted by Gasteiger charge is 2.02. The summed E-state index contributed by atoms with van der Waals surface area (Å²) in [4.78, 5) is 10.8. The summed E-state index contributed by atoms with van der Waals surface area (Å²) >= 11 is 0. The lowest BCUT2D eigenvalue weighted by Gasteiger charge is -2.09. The quantitative estimate of drug-likeness (QED) is 0.0818. The van der Waals surface area contributed by atoms with Crippen molar-refractivity contribution in [1.29, 1.82) is 0 Å². The molecule has 0 spiro atoms. The third-order valence-corrected chi connectivity index (χ3v) is 11.1. The van der Waals surface area contributed by atoms with Crippen molar-refractivity contribution >= 4 is 5.78 Å². The van der Waals surface area contributed by atoms with Gasteiger partial charge in [-0.1, -0.05) is 0 Å². The van der Waals surface area contributed by atoms with Crippen molar-refractivity contribution in [3.63, 3.8) is 0 Å². The van der Waals surface area contributed by atoms with Crippen LogP contribution in [0.25, 0.3) is 0 Å². The largest absolute Gasteiger partial charge is 0.379 e. The third kappa shape index (κ3) is 88.5. The Hall–Kier alpha value is -1.49. The summed E-state index contributed by atoms with van der Waals surface area (Å²) in [7, 11) is 1.89. The zero-order valence-corrected chi connectivity index (χ0v) is 55.9. The summed E-state index contributed by atoms with van der Waals surface area (Å²) in [6.45, 7) is 30.1. The lowest BCUT2D eigenvalue weighted by molar-refractivity contribution is -0.118. The number of ketones is 1. The van der Waals surface area contributed by atoms with Crippen molar-refractivity contribution in [2.75, 3.05) is 384 Å². The Bertz CT molecular complexity index is 1300. The molecule has 0 aromatic rings. The van der Waals surface area contributed by atoms with Crippen LogP contribution in [-0.4, -0.2) is 389 Å². The number of hydrogen-bond acceptors (Lipinski definition) is 30. The minimum Gasteiger partial charge on any atom is -0.379 e. The van der Waals surface area contributed by atoms with Crippen LogP contribution in [0.5, 0.6) is 0 Å². The van der Waals surface area contributed by atoms with Crippen molar-refractivity contribution in [2.45, 2.75) is 13.3 Å². The van der Waals surface area contributed by atoms with Crippen LogP contribution in [0.15, 0.2) is 0 Å². The summed E-state index contributed by atoms with van der Waals surface area (Å²) in [5.74, 6) is 0.120. The van der Waals surface area contributed by atoms with Crippen molar-refractivity contribution in [2.24, 2.45) is 0 Å². The fraction of sp³-hybridized carbons (Fsp3) is 0.984. The predicted molar refractivity (Wildman–Crippen MR) is 332 cm³/mol. The number of likely N-dealkylation sites (N-methyl/N-ethyl adjacent to an activating group) is 1. The van der Waals surface area contributed by atoms with Crippen LogP contribution in [0.1, 0.15) is 13.3 Å². The summed E-state index contributed by atoms with van der Waals surface area (Å²) in [6.07, 6.45) is 0.434. The Labute approximate surface area is 544 Å². The number of ether oxygens (including phenoxy) is 28. The maximum atomic E-state index is 10.8. The molecule has 0 aliphatic rings. The molecule has 0 aromatic carbocycles. The molecule has 0 aromatic heterocycles. The molecule has 0 atom stereocenters. The van der Waals surface area contributed by atoms with Crippen LogP contribution < -0.4 is 5.32 Å². The second-order valence-electron chi connectivity index (χ2n) is 18.7. The van der Waals surface area contributed by atoms with Crippen LogP contribution in [0, 0.1) is 0 Å². The Morgan fingerprint density at radius 1 is 0.165 bits per heavy atom. The number of hydrogen-bond donors (Lipinski definition) is 1. The lowest BCUT2D eigenvalue weighted by Crippen LogP contribution is -2.17. The highest BCUT2D eigenvalue weighted by atomic mass is 16.6. The van der Waals surface area contributed by atoms with Crippen LogP contribution >= 0.6 is 0 Å². The molecular formula is C61H123NO29. The zero-order chi connectivity index (χ0) is 65.1. The smallest absolute Gasteiger partial charge is 0.132 e. The molecule has 0 unspecified atom stereocenters. The van der Waals surface area contributed by atoms with E-state index in [1.807, 2.05) is 7.05 Å². The van der Waals surface area contributed by atoms with Gasteiger partial charge in [-0.2, -0.15) is 0 Å². The van der Waals surface area contributed by atoms with Crippen molar-refractivity contribution in [3.05, 3.63) is 0 Å². The van der Waals surface area contributed by atoms with Gasteiger partial charge in [0.15, 0.2) is 0 Å². The second-order valence-corrected chi connectivity index (χ2v) is 18.7. The summed E-state index contributed by atoms with van der Waals surface area (Å²) < 4.78 is 154. The highest BCUT2D eigenvalue weighted by molar-refractivity contribution is 5.75. The molecule has 0 saturated carbocycles. The molecule has 0 heterocycles. The van der Waals surface area contributed by atoms with E-state index in [1.165, 1.54) is 0 Å². The van der Waals surface area contributed by atoms with Gasteiger partial charge in [0, 0.05) is 13.0 Å². The van der Waals surface area contributed by atoms with E-state index in [2.05, 4.69) is 5.32 Å². The average Bonchev–Trinajstić information content (AvgIpc) is 3.55. The van der Waals surface area contributed by atoms with Crippen LogP contribution in [-0.2, 0) is 137 Å². The number of carbonyl (C=O) groups excluding carboxylic acids is 1. The first kappa shape index (κ1) is 89.5. The van der Waals surface area contributed by atoms with E-state index in [-0.39, 0.29) is 5.78 Å². The Morgan fingerprint density at radius 2 is 0.253 bits per heavy atom. The van der Waals surface area contributed by atoms with Gasteiger partial charge >= 0.3 is 0 Å². The first-order valence-electron chi connectivity index (χ1n) is 32.6. The molecule has 0 bridgehead atoms. The molecule has 0 aliphatic carbocycles. The fourth-order valence-electron chi connectivity index (χ4n) is 6.43. The minimum absolute atomic E-state index is 0.120. The molecule has 1 N–H and O–H groups in total. The Balaban J connectivity index is 3.09. The molecule has 30 heteroatoms. The molecule has 0 rings (SSSR count). The molecule has 0 aliphatic heterocycles. The Morgan fingerprint density at radius 3 is 0.341 bits per heavy atom. The van der Waals surface area contributed by atoms with Gasteiger partial charge in [0.1, 0.15) is 5.78 Å². The van der Waals surface area contributed by atoms with Crippen molar-refractivity contribution < 1.29 is 137 Å². The van der Waals surface area contributed by atoms with E-state index < -0.39 is 0 Å². The zero-order valence-electron chi connectivity index (χ0n) is 55.9. The van der Waals surface area contributed by atoms with Gasteiger partial charge in [0.05, 0.1) is 370 Å². The maximum Gasteiger partial charge on any atom is 0.132 e. The monoisotopic (exact) mass is 1330 g/mol. The third-order valence-electron chi connectivity index (χ3n) is 11.1. The highest BCUT2D eigenvalue weighted by Crippen LogP contribution is 1.93. The van der Waals surface area contributed by atoms with Gasteiger partial charge in [-0.15, -0.1) is 0 Å². The summed E-state index contributed by atoms with van der Waals surface area (Å²) in [6, 6.07) is 0. The minimum atomic E-state index is 0.120. The standard InChI is InChI=1S/C61H123NO29/c1-61(63)3-5-64-7-9-66-11-13-68-15-17-70-19-21-72-23-25-74-27-29-76-31-33-78-35-37-80-39-41-82-43-45-84-47-49-86-51-53-88-55-57-90-59-60-91-58-56-89-54-52-87-50-48-85-46-44-83-42-40-81-38-36-79-34-32-77-30-28-75-26-24-73-22-20-71-18-16-69-14-12-67-10-8-65-6-4-62-2/h62H,3-60H2,1-2H3. The van der Waals surface area contributed by atoms with E-state index in [0.717, 1.165) is 6.54 Å². The van der Waals surface area contributed by atoms with Crippen LogP contribution in [0.2, 0.25) is 0 Å². The molecule has 0 fully saturated rings. The Kier molecular flexibility index (Phi) is 85.1. The molecule has 91 heavy (non-hydrogen) atoms. The normalized spacial score (nSPS) is 11.8. The van der Waals surface area contributed by atoms with Crippen molar-refractivity contribution in [1.82, 2.24) is 5.32 Å².